The van der Waals surface area contributed by atoms with Gasteiger partial charge in [-0.05, 0) is 17.7 Å². The fraction of sp³-hybridized carbons (Fsp3) is 0.455. The smallest absolute Gasteiger partial charge is 0.245 e. The maximum absolute atomic E-state index is 13.6. The first-order valence-corrected chi connectivity index (χ1v) is 6.72. The van der Waals surface area contributed by atoms with Crippen LogP contribution in [0.1, 0.15) is 5.56 Å². The van der Waals surface area contributed by atoms with Gasteiger partial charge in [-0.3, -0.25) is 0 Å². The van der Waals surface area contributed by atoms with Gasteiger partial charge < -0.3 is 9.84 Å². The van der Waals surface area contributed by atoms with Crippen molar-refractivity contribution < 1.29 is 22.7 Å². The van der Waals surface area contributed by atoms with E-state index in [1.807, 2.05) is 0 Å². The molecule has 0 amide bonds. The van der Waals surface area contributed by atoms with Crippen molar-refractivity contribution in [2.24, 2.45) is 0 Å². The maximum atomic E-state index is 13.6. The molecule has 1 aromatic rings. The molecule has 1 rings (SSSR count). The van der Waals surface area contributed by atoms with E-state index in [9.17, 15) is 12.8 Å². The summed E-state index contributed by atoms with van der Waals surface area (Å²) in [6.07, 6.45) is 0. The lowest BCUT2D eigenvalue weighted by atomic mass is 10.2. The second kappa shape index (κ2) is 6.24. The van der Waals surface area contributed by atoms with Crippen molar-refractivity contribution in [3.63, 3.8) is 0 Å². The molecule has 102 valence electrons. The second-order valence-electron chi connectivity index (χ2n) is 3.74. The highest BCUT2D eigenvalue weighted by molar-refractivity contribution is 7.89. The van der Waals surface area contributed by atoms with E-state index in [1.54, 1.807) is 0 Å². The van der Waals surface area contributed by atoms with Crippen LogP contribution in [0.5, 0.6) is 0 Å². The first-order valence-electron chi connectivity index (χ1n) is 5.28. The summed E-state index contributed by atoms with van der Waals surface area (Å²) in [5, 5.41) is 8.95. The molecule has 1 N–H and O–H groups in total. The summed E-state index contributed by atoms with van der Waals surface area (Å²) in [6, 6.07) is 3.50. The average Bonchev–Trinajstić information content (AvgIpc) is 2.36. The van der Waals surface area contributed by atoms with E-state index >= 15 is 0 Å². The van der Waals surface area contributed by atoms with Crippen LogP contribution in [0.2, 0.25) is 0 Å². The van der Waals surface area contributed by atoms with Gasteiger partial charge in [-0.1, -0.05) is 6.07 Å². The van der Waals surface area contributed by atoms with Gasteiger partial charge >= 0.3 is 0 Å². The minimum Gasteiger partial charge on any atom is -0.392 e. The molecule has 0 heterocycles. The number of benzene rings is 1. The molecule has 18 heavy (non-hydrogen) atoms. The van der Waals surface area contributed by atoms with E-state index < -0.39 is 20.7 Å². The lowest BCUT2D eigenvalue weighted by molar-refractivity contribution is 0.185. The van der Waals surface area contributed by atoms with Crippen molar-refractivity contribution in [1.82, 2.24) is 4.31 Å². The Morgan fingerprint density at radius 3 is 2.67 bits per heavy atom. The molecule has 1 aromatic carbocycles. The number of likely N-dealkylation sites (N-methyl/N-ethyl adjacent to an activating group) is 1. The van der Waals surface area contributed by atoms with Crippen molar-refractivity contribution in [2.75, 3.05) is 27.3 Å². The molecule has 0 radical (unpaired) electrons. The van der Waals surface area contributed by atoms with Crippen molar-refractivity contribution >= 4 is 10.0 Å². The Morgan fingerprint density at radius 1 is 1.44 bits per heavy atom. The van der Waals surface area contributed by atoms with Crippen molar-refractivity contribution in [2.45, 2.75) is 11.5 Å². The van der Waals surface area contributed by atoms with Crippen LogP contribution in [0.25, 0.3) is 0 Å². The highest BCUT2D eigenvalue weighted by Crippen LogP contribution is 2.19. The Balaban J connectivity index is 3.11. The van der Waals surface area contributed by atoms with Crippen LogP contribution in [0.4, 0.5) is 4.39 Å². The first kappa shape index (κ1) is 15.0. The number of ether oxygens (including phenoxy) is 1. The van der Waals surface area contributed by atoms with Gasteiger partial charge in [-0.25, -0.2) is 12.8 Å². The van der Waals surface area contributed by atoms with E-state index in [0.717, 1.165) is 16.4 Å². The molecule has 0 unspecified atom stereocenters. The zero-order valence-corrected chi connectivity index (χ0v) is 11.1. The summed E-state index contributed by atoms with van der Waals surface area (Å²) < 4.78 is 43.5. The van der Waals surface area contributed by atoms with Gasteiger partial charge in [0.1, 0.15) is 10.7 Å². The number of sulfonamides is 1. The Bertz CT molecular complexity index is 504. The number of halogens is 1. The summed E-state index contributed by atoms with van der Waals surface area (Å²) >= 11 is 0. The number of nitrogens with zero attached hydrogens (tertiary/aromatic N) is 1. The maximum Gasteiger partial charge on any atom is 0.245 e. The van der Waals surface area contributed by atoms with Crippen molar-refractivity contribution in [3.05, 3.63) is 29.6 Å². The molecule has 5 nitrogen and oxygen atoms in total. The van der Waals surface area contributed by atoms with Crippen LogP contribution in [0, 0.1) is 5.82 Å². The topological polar surface area (TPSA) is 66.8 Å². The molecule has 0 aliphatic carbocycles. The number of hydrogen-bond acceptors (Lipinski definition) is 4. The average molecular weight is 277 g/mol. The molecule has 0 spiro atoms. The van der Waals surface area contributed by atoms with E-state index in [1.165, 1.54) is 20.2 Å². The highest BCUT2D eigenvalue weighted by atomic mass is 32.2. The fourth-order valence-electron chi connectivity index (χ4n) is 1.35. The van der Waals surface area contributed by atoms with Crippen LogP contribution >= 0.6 is 0 Å². The highest BCUT2D eigenvalue weighted by Gasteiger charge is 2.24. The predicted molar refractivity (Wildman–Crippen MR) is 64.0 cm³/mol. The third-order valence-electron chi connectivity index (χ3n) is 2.48. The summed E-state index contributed by atoms with van der Waals surface area (Å²) in [4.78, 5) is -0.437. The Kier molecular flexibility index (Phi) is 5.21. The number of aliphatic hydroxyl groups excluding tert-OH is 1. The molecular weight excluding hydrogens is 261 g/mol. The first-order chi connectivity index (χ1) is 8.43. The summed E-state index contributed by atoms with van der Waals surface area (Å²) in [6.45, 7) is 0.00323. The third kappa shape index (κ3) is 3.26. The lowest BCUT2D eigenvalue weighted by Gasteiger charge is -2.17. The van der Waals surface area contributed by atoms with E-state index in [-0.39, 0.29) is 19.8 Å². The molecule has 0 aliphatic rings. The summed E-state index contributed by atoms with van der Waals surface area (Å²) in [5.74, 6) is -0.837. The molecule has 0 aliphatic heterocycles. The fourth-order valence-corrected chi connectivity index (χ4v) is 2.62. The molecular formula is C11H16FNO4S. The lowest BCUT2D eigenvalue weighted by Crippen LogP contribution is -2.30. The van der Waals surface area contributed by atoms with Crippen molar-refractivity contribution in [1.29, 1.82) is 0 Å². The standard InChI is InChI=1S/C11H16FNO4S/c1-13(5-6-17-2)18(15,16)11-7-9(8-14)3-4-10(11)12/h3-4,7,14H,5-6,8H2,1-2H3. The normalized spacial score (nSPS) is 12.1. The Morgan fingerprint density at radius 2 is 2.11 bits per heavy atom. The SMILES string of the molecule is COCCN(C)S(=O)(=O)c1cc(CO)ccc1F. The minimum absolute atomic E-state index is 0.127. The summed E-state index contributed by atoms with van der Waals surface area (Å²) in [5.41, 5.74) is 0.343. The monoisotopic (exact) mass is 277 g/mol. The van der Waals surface area contributed by atoms with Gasteiger partial charge in [0.25, 0.3) is 0 Å². The molecule has 7 heteroatoms. The molecule has 0 saturated heterocycles. The third-order valence-corrected chi connectivity index (χ3v) is 4.35. The van der Waals surface area contributed by atoms with Crippen LogP contribution in [-0.4, -0.2) is 45.1 Å². The number of hydrogen-bond donors (Lipinski definition) is 1. The Labute approximate surface area is 106 Å². The van der Waals surface area contributed by atoms with Crippen LogP contribution in [0.15, 0.2) is 23.1 Å². The number of aliphatic hydroxyl groups is 1. The van der Waals surface area contributed by atoms with Crippen LogP contribution in [-0.2, 0) is 21.4 Å². The van der Waals surface area contributed by atoms with Gasteiger partial charge in [-0.2, -0.15) is 4.31 Å². The molecule has 0 aromatic heterocycles. The zero-order valence-electron chi connectivity index (χ0n) is 10.3. The van der Waals surface area contributed by atoms with Gasteiger partial charge in [0.05, 0.1) is 13.2 Å². The number of rotatable bonds is 6. The zero-order chi connectivity index (χ0) is 13.8. The molecule has 0 fully saturated rings. The predicted octanol–water partition coefficient (Wildman–Crippen LogP) is 0.585. The van der Waals surface area contributed by atoms with E-state index in [0.29, 0.717) is 5.56 Å². The second-order valence-corrected chi connectivity index (χ2v) is 5.76. The van der Waals surface area contributed by atoms with Gasteiger partial charge in [0.2, 0.25) is 10.0 Å². The van der Waals surface area contributed by atoms with Gasteiger partial charge in [-0.15, -0.1) is 0 Å². The molecule has 0 atom stereocenters. The quantitative estimate of drug-likeness (QED) is 0.826. The Hall–Kier alpha value is -1.02. The molecule has 0 bridgehead atoms. The van der Waals surface area contributed by atoms with E-state index in [4.69, 9.17) is 9.84 Å². The van der Waals surface area contributed by atoms with Crippen molar-refractivity contribution in [3.8, 4) is 0 Å². The van der Waals surface area contributed by atoms with Crippen LogP contribution < -0.4 is 0 Å². The number of methoxy groups -OCH3 is 1. The molecule has 0 saturated carbocycles. The minimum atomic E-state index is -3.91. The van der Waals surface area contributed by atoms with Crippen LogP contribution in [0.3, 0.4) is 0 Å². The van der Waals surface area contributed by atoms with Gasteiger partial charge in [0.15, 0.2) is 0 Å². The van der Waals surface area contributed by atoms with E-state index in [2.05, 4.69) is 0 Å². The largest absolute Gasteiger partial charge is 0.392 e. The summed E-state index contributed by atoms with van der Waals surface area (Å²) in [7, 11) is -1.11. The van der Waals surface area contributed by atoms with Gasteiger partial charge in [0, 0.05) is 20.7 Å².